The zero-order chi connectivity index (χ0) is 16.5. The molecule has 0 fully saturated rings. The van der Waals surface area contributed by atoms with E-state index in [0.29, 0.717) is 22.1 Å². The summed E-state index contributed by atoms with van der Waals surface area (Å²) in [5, 5.41) is 14.5. The predicted octanol–water partition coefficient (Wildman–Crippen LogP) is 3.03. The summed E-state index contributed by atoms with van der Waals surface area (Å²) < 4.78 is 1.54. The number of anilines is 1. The monoisotopic (exact) mass is 338 g/mol. The molecule has 3 heterocycles. The van der Waals surface area contributed by atoms with Crippen molar-refractivity contribution in [2.24, 2.45) is 0 Å². The van der Waals surface area contributed by atoms with Gasteiger partial charge in [0.1, 0.15) is 5.69 Å². The second-order valence-electron chi connectivity index (χ2n) is 5.06. The number of carbonyl (C=O) groups excluding carboxylic acids is 1. The Hall–Kier alpha value is -3.19. The molecular formula is C16H11ClN6O. The van der Waals surface area contributed by atoms with E-state index < -0.39 is 0 Å². The molecule has 0 aliphatic rings. The first kappa shape index (κ1) is 14.4. The van der Waals surface area contributed by atoms with Gasteiger partial charge < -0.3 is 5.32 Å². The highest BCUT2D eigenvalue weighted by atomic mass is 35.5. The zero-order valence-electron chi connectivity index (χ0n) is 12.3. The minimum Gasteiger partial charge on any atom is -0.317 e. The molecule has 0 saturated heterocycles. The van der Waals surface area contributed by atoms with Crippen LogP contribution in [0, 0.1) is 0 Å². The van der Waals surface area contributed by atoms with Crippen molar-refractivity contribution in [2.75, 3.05) is 5.32 Å². The molecule has 3 aromatic heterocycles. The average molecular weight is 339 g/mol. The van der Waals surface area contributed by atoms with E-state index in [1.54, 1.807) is 47.4 Å². The fourth-order valence-corrected chi connectivity index (χ4v) is 2.56. The number of benzene rings is 1. The van der Waals surface area contributed by atoms with Crippen LogP contribution < -0.4 is 5.32 Å². The largest absolute Gasteiger partial charge is 0.317 e. The van der Waals surface area contributed by atoms with Crippen molar-refractivity contribution < 1.29 is 4.79 Å². The molecule has 24 heavy (non-hydrogen) atoms. The van der Waals surface area contributed by atoms with Gasteiger partial charge in [0.25, 0.3) is 5.91 Å². The number of nitrogens with zero attached hydrogens (tertiary/aromatic N) is 4. The van der Waals surface area contributed by atoms with Gasteiger partial charge in [-0.15, -0.1) is 0 Å². The van der Waals surface area contributed by atoms with E-state index in [1.165, 1.54) is 0 Å². The van der Waals surface area contributed by atoms with Crippen molar-refractivity contribution in [3.8, 4) is 11.3 Å². The molecule has 0 spiro atoms. The maximum absolute atomic E-state index is 12.4. The Morgan fingerprint density at radius 3 is 3.00 bits per heavy atom. The molecule has 7 nitrogen and oxygen atoms in total. The number of amides is 1. The predicted molar refractivity (Wildman–Crippen MR) is 90.0 cm³/mol. The van der Waals surface area contributed by atoms with Crippen molar-refractivity contribution >= 4 is 28.8 Å². The van der Waals surface area contributed by atoms with Gasteiger partial charge in [0, 0.05) is 35.2 Å². The number of aromatic nitrogens is 5. The summed E-state index contributed by atoms with van der Waals surface area (Å²) in [6.45, 7) is 0. The van der Waals surface area contributed by atoms with Crippen LogP contribution in [0.1, 0.15) is 10.5 Å². The molecule has 0 aliphatic carbocycles. The molecule has 0 bridgehead atoms. The van der Waals surface area contributed by atoms with Gasteiger partial charge in [-0.25, -0.2) is 9.50 Å². The SMILES string of the molecule is O=C(Nc1c[nH]nc1-c1cccc(Cl)c1)c1cc2ncccn2n1. The molecule has 0 unspecified atom stereocenters. The van der Waals surface area contributed by atoms with Crippen molar-refractivity contribution in [1.82, 2.24) is 24.8 Å². The maximum atomic E-state index is 12.4. The van der Waals surface area contributed by atoms with Crippen LogP contribution in [0.3, 0.4) is 0 Å². The van der Waals surface area contributed by atoms with Gasteiger partial charge in [0.15, 0.2) is 11.3 Å². The summed E-state index contributed by atoms with van der Waals surface area (Å²) in [6.07, 6.45) is 4.99. The molecule has 0 aliphatic heterocycles. The molecule has 1 aromatic carbocycles. The summed E-state index contributed by atoms with van der Waals surface area (Å²) in [5.74, 6) is -0.342. The van der Waals surface area contributed by atoms with E-state index >= 15 is 0 Å². The number of hydrogen-bond donors (Lipinski definition) is 2. The molecule has 0 atom stereocenters. The number of nitrogens with one attached hydrogen (secondary N) is 2. The lowest BCUT2D eigenvalue weighted by molar-refractivity contribution is 0.102. The normalized spacial score (nSPS) is 10.9. The lowest BCUT2D eigenvalue weighted by Gasteiger charge is -2.04. The van der Waals surface area contributed by atoms with Crippen molar-refractivity contribution in [1.29, 1.82) is 0 Å². The summed E-state index contributed by atoms with van der Waals surface area (Å²) in [7, 11) is 0. The third kappa shape index (κ3) is 2.61. The van der Waals surface area contributed by atoms with E-state index in [2.05, 4.69) is 25.6 Å². The lowest BCUT2D eigenvalue weighted by Crippen LogP contribution is -2.12. The van der Waals surface area contributed by atoms with Crippen LogP contribution in [0.15, 0.2) is 55.0 Å². The minimum atomic E-state index is -0.342. The fraction of sp³-hybridized carbons (Fsp3) is 0. The third-order valence-electron chi connectivity index (χ3n) is 3.46. The summed E-state index contributed by atoms with van der Waals surface area (Å²) in [4.78, 5) is 16.6. The van der Waals surface area contributed by atoms with Crippen LogP contribution >= 0.6 is 11.6 Å². The van der Waals surface area contributed by atoms with Gasteiger partial charge in [-0.1, -0.05) is 23.7 Å². The van der Waals surface area contributed by atoms with Crippen molar-refractivity contribution in [3.63, 3.8) is 0 Å². The number of carbonyl (C=O) groups is 1. The Bertz CT molecular complexity index is 1000. The quantitative estimate of drug-likeness (QED) is 0.601. The molecule has 0 radical (unpaired) electrons. The van der Waals surface area contributed by atoms with E-state index in [0.717, 1.165) is 5.56 Å². The molecule has 118 valence electrons. The summed E-state index contributed by atoms with van der Waals surface area (Å²) in [6, 6.07) is 10.6. The molecule has 4 rings (SSSR count). The highest BCUT2D eigenvalue weighted by Gasteiger charge is 2.16. The summed E-state index contributed by atoms with van der Waals surface area (Å²) in [5.41, 5.74) is 2.83. The Morgan fingerprint density at radius 2 is 2.17 bits per heavy atom. The Labute approximate surface area is 141 Å². The molecular weight excluding hydrogens is 328 g/mol. The number of aromatic amines is 1. The Kier molecular flexibility index (Phi) is 3.47. The van der Waals surface area contributed by atoms with Gasteiger partial charge >= 0.3 is 0 Å². The summed E-state index contributed by atoms with van der Waals surface area (Å²) >= 11 is 6.02. The number of rotatable bonds is 3. The topological polar surface area (TPSA) is 88.0 Å². The van der Waals surface area contributed by atoms with Crippen LogP contribution in [0.4, 0.5) is 5.69 Å². The lowest BCUT2D eigenvalue weighted by atomic mass is 10.1. The Morgan fingerprint density at radius 1 is 1.25 bits per heavy atom. The van der Waals surface area contributed by atoms with E-state index in [-0.39, 0.29) is 11.6 Å². The van der Waals surface area contributed by atoms with Crippen LogP contribution in [0.5, 0.6) is 0 Å². The second kappa shape index (κ2) is 5.78. The second-order valence-corrected chi connectivity index (χ2v) is 5.50. The van der Waals surface area contributed by atoms with Crippen LogP contribution in [0.2, 0.25) is 5.02 Å². The number of H-pyrrole nitrogens is 1. The van der Waals surface area contributed by atoms with E-state index in [4.69, 9.17) is 11.6 Å². The van der Waals surface area contributed by atoms with Crippen LogP contribution in [-0.4, -0.2) is 30.7 Å². The van der Waals surface area contributed by atoms with Gasteiger partial charge in [0.05, 0.1) is 5.69 Å². The minimum absolute atomic E-state index is 0.270. The maximum Gasteiger partial charge on any atom is 0.276 e. The molecule has 0 saturated carbocycles. The number of halogens is 1. The third-order valence-corrected chi connectivity index (χ3v) is 3.69. The van der Waals surface area contributed by atoms with Crippen LogP contribution in [0.25, 0.3) is 16.9 Å². The van der Waals surface area contributed by atoms with Crippen molar-refractivity contribution in [3.05, 3.63) is 65.7 Å². The first-order valence-corrected chi connectivity index (χ1v) is 7.50. The standard InChI is InChI=1S/C16H11ClN6O/c17-11-4-1-3-10(7-11)15-13(9-19-21-15)20-16(24)12-8-14-18-5-2-6-23(14)22-12/h1-9H,(H,19,21)(H,20,24). The molecule has 8 heteroatoms. The highest BCUT2D eigenvalue weighted by molar-refractivity contribution is 6.30. The van der Waals surface area contributed by atoms with Gasteiger partial charge in [0.2, 0.25) is 0 Å². The average Bonchev–Trinajstić information content (AvgIpc) is 3.21. The van der Waals surface area contributed by atoms with Gasteiger partial charge in [-0.3, -0.25) is 9.89 Å². The van der Waals surface area contributed by atoms with E-state index in [9.17, 15) is 4.79 Å². The number of fused-ring (bicyclic) bond motifs is 1. The first-order chi connectivity index (χ1) is 11.7. The highest BCUT2D eigenvalue weighted by Crippen LogP contribution is 2.27. The smallest absolute Gasteiger partial charge is 0.276 e. The zero-order valence-corrected chi connectivity index (χ0v) is 13.0. The molecule has 2 N–H and O–H groups in total. The van der Waals surface area contributed by atoms with Gasteiger partial charge in [-0.05, 0) is 18.2 Å². The van der Waals surface area contributed by atoms with Crippen LogP contribution in [-0.2, 0) is 0 Å². The first-order valence-electron chi connectivity index (χ1n) is 7.12. The Balaban J connectivity index is 1.64. The van der Waals surface area contributed by atoms with E-state index in [1.807, 2.05) is 12.1 Å². The molecule has 4 aromatic rings. The van der Waals surface area contributed by atoms with Crippen molar-refractivity contribution in [2.45, 2.75) is 0 Å². The van der Waals surface area contributed by atoms with Gasteiger partial charge in [-0.2, -0.15) is 10.2 Å². The molecule has 1 amide bonds. The fourth-order valence-electron chi connectivity index (χ4n) is 2.37. The number of hydrogen-bond acceptors (Lipinski definition) is 4.